The fourth-order valence-corrected chi connectivity index (χ4v) is 5.29. The van der Waals surface area contributed by atoms with Gasteiger partial charge in [-0.1, -0.05) is 12.8 Å². The van der Waals surface area contributed by atoms with Crippen LogP contribution in [0.1, 0.15) is 53.1 Å². The summed E-state index contributed by atoms with van der Waals surface area (Å²) >= 11 is 1.88. The minimum absolute atomic E-state index is 0.315. The molecule has 3 heterocycles. The molecule has 0 spiro atoms. The Labute approximate surface area is 189 Å². The number of aromatic nitrogens is 3. The number of nitrogens with zero attached hydrogens (tertiary/aromatic N) is 5. The number of nitrogens with one attached hydrogen (secondary N) is 2. The maximum absolute atomic E-state index is 5.60. The van der Waals surface area contributed by atoms with E-state index in [-0.39, 0.29) is 0 Å². The predicted molar refractivity (Wildman–Crippen MR) is 124 cm³/mol. The van der Waals surface area contributed by atoms with Crippen molar-refractivity contribution in [2.45, 2.75) is 58.2 Å². The van der Waals surface area contributed by atoms with Gasteiger partial charge in [-0.25, -0.2) is 4.99 Å². The lowest BCUT2D eigenvalue weighted by molar-refractivity contribution is 0.0177. The van der Waals surface area contributed by atoms with Crippen LogP contribution in [-0.2, 0) is 18.3 Å². The number of guanidine groups is 1. The Kier molecular flexibility index (Phi) is 7.58. The minimum atomic E-state index is 0.315. The number of rotatable bonds is 7. The van der Waals surface area contributed by atoms with Crippen LogP contribution in [0, 0.1) is 13.8 Å². The van der Waals surface area contributed by atoms with Crippen molar-refractivity contribution in [3.05, 3.63) is 33.5 Å². The average molecular weight is 446 g/mol. The first-order chi connectivity index (χ1) is 15.1. The molecule has 9 heteroatoms. The van der Waals surface area contributed by atoms with Crippen molar-refractivity contribution < 1.29 is 4.74 Å². The topological polar surface area (TPSA) is 79.6 Å². The van der Waals surface area contributed by atoms with Crippen LogP contribution >= 0.6 is 11.3 Å². The molecule has 2 fully saturated rings. The van der Waals surface area contributed by atoms with Crippen molar-refractivity contribution in [3.63, 3.8) is 0 Å². The Bertz CT molecular complexity index is 865. The first-order valence-corrected chi connectivity index (χ1v) is 12.2. The van der Waals surface area contributed by atoms with Gasteiger partial charge in [0.1, 0.15) is 12.4 Å². The lowest BCUT2D eigenvalue weighted by Gasteiger charge is -2.34. The van der Waals surface area contributed by atoms with Crippen molar-refractivity contribution in [1.82, 2.24) is 30.3 Å². The maximum Gasteiger partial charge on any atom is 0.191 e. The summed E-state index contributed by atoms with van der Waals surface area (Å²) in [4.78, 5) is 10.2. The van der Waals surface area contributed by atoms with Crippen LogP contribution in [0.2, 0.25) is 0 Å². The van der Waals surface area contributed by atoms with Gasteiger partial charge in [0.2, 0.25) is 0 Å². The standard InChI is InChI=1S/C22H35N7OS/c1-16-8-9-20(31-16)19(29-10-12-30-13-11-29)14-23-22(25-18-6-4-5-7-18)24-15-21-27-26-17(2)28(21)3/h8-9,18-19H,4-7,10-15H2,1-3H3,(H2,23,24,25). The molecule has 0 radical (unpaired) electrons. The summed E-state index contributed by atoms with van der Waals surface area (Å²) in [6.07, 6.45) is 5.00. The highest BCUT2D eigenvalue weighted by atomic mass is 32.1. The van der Waals surface area contributed by atoms with E-state index in [1.807, 2.05) is 29.9 Å². The fraction of sp³-hybridized carbons (Fsp3) is 0.682. The summed E-state index contributed by atoms with van der Waals surface area (Å²) in [5.74, 6) is 2.66. The molecule has 1 saturated carbocycles. The third-order valence-electron chi connectivity index (χ3n) is 6.30. The molecular formula is C22H35N7OS. The van der Waals surface area contributed by atoms with Gasteiger partial charge in [0.15, 0.2) is 11.8 Å². The second-order valence-electron chi connectivity index (χ2n) is 8.51. The lowest BCUT2D eigenvalue weighted by atomic mass is 10.2. The number of aryl methyl sites for hydroxylation is 2. The molecule has 8 nitrogen and oxygen atoms in total. The molecule has 1 aliphatic carbocycles. The first-order valence-electron chi connectivity index (χ1n) is 11.4. The summed E-state index contributed by atoms with van der Waals surface area (Å²) in [5, 5.41) is 15.8. The molecule has 0 bridgehead atoms. The monoisotopic (exact) mass is 445 g/mol. The highest BCUT2D eigenvalue weighted by Gasteiger charge is 2.25. The molecule has 1 saturated heterocycles. The van der Waals surface area contributed by atoms with Gasteiger partial charge in [-0.3, -0.25) is 4.90 Å². The van der Waals surface area contributed by atoms with E-state index in [4.69, 9.17) is 9.73 Å². The summed E-state index contributed by atoms with van der Waals surface area (Å²) in [5.41, 5.74) is 0. The third kappa shape index (κ3) is 5.84. The van der Waals surface area contributed by atoms with Gasteiger partial charge in [-0.05, 0) is 38.8 Å². The Morgan fingerprint density at radius 2 is 2.00 bits per heavy atom. The lowest BCUT2D eigenvalue weighted by Crippen LogP contribution is -2.47. The summed E-state index contributed by atoms with van der Waals surface area (Å²) in [6.45, 7) is 8.99. The number of morpholine rings is 1. The van der Waals surface area contributed by atoms with Gasteiger partial charge in [-0.15, -0.1) is 21.5 Å². The summed E-state index contributed by atoms with van der Waals surface area (Å²) in [7, 11) is 1.99. The van der Waals surface area contributed by atoms with Crippen LogP contribution < -0.4 is 10.6 Å². The first kappa shape index (κ1) is 22.2. The molecule has 170 valence electrons. The van der Waals surface area contributed by atoms with Crippen molar-refractivity contribution in [1.29, 1.82) is 0 Å². The number of thiophene rings is 1. The van der Waals surface area contributed by atoms with Gasteiger partial charge in [-0.2, -0.15) is 0 Å². The zero-order valence-electron chi connectivity index (χ0n) is 18.9. The molecule has 0 aromatic carbocycles. The number of hydrogen-bond donors (Lipinski definition) is 2. The van der Waals surface area contributed by atoms with E-state index in [1.54, 1.807) is 0 Å². The van der Waals surface area contributed by atoms with Crippen molar-refractivity contribution in [3.8, 4) is 0 Å². The van der Waals surface area contributed by atoms with E-state index in [2.05, 4.69) is 44.8 Å². The fourth-order valence-electron chi connectivity index (χ4n) is 4.28. The van der Waals surface area contributed by atoms with Crippen molar-refractivity contribution in [2.24, 2.45) is 12.0 Å². The normalized spacial score (nSPS) is 19.6. The molecular weight excluding hydrogens is 410 g/mol. The second-order valence-corrected chi connectivity index (χ2v) is 9.83. The van der Waals surface area contributed by atoms with Crippen LogP contribution in [0.25, 0.3) is 0 Å². The summed E-state index contributed by atoms with van der Waals surface area (Å²) in [6, 6.07) is 5.30. The van der Waals surface area contributed by atoms with E-state index < -0.39 is 0 Å². The van der Waals surface area contributed by atoms with E-state index in [1.165, 1.54) is 35.4 Å². The quantitative estimate of drug-likeness (QED) is 0.504. The Morgan fingerprint density at radius 1 is 1.23 bits per heavy atom. The smallest absolute Gasteiger partial charge is 0.191 e. The van der Waals surface area contributed by atoms with E-state index in [0.29, 0.717) is 18.6 Å². The van der Waals surface area contributed by atoms with Crippen molar-refractivity contribution in [2.75, 3.05) is 32.8 Å². The van der Waals surface area contributed by atoms with Crippen LogP contribution in [-0.4, -0.2) is 64.5 Å². The van der Waals surface area contributed by atoms with Crippen LogP contribution in [0.3, 0.4) is 0 Å². The van der Waals surface area contributed by atoms with Gasteiger partial charge >= 0.3 is 0 Å². The molecule has 4 rings (SSSR count). The van der Waals surface area contributed by atoms with E-state index >= 15 is 0 Å². The van der Waals surface area contributed by atoms with Crippen LogP contribution in [0.4, 0.5) is 0 Å². The van der Waals surface area contributed by atoms with E-state index in [9.17, 15) is 0 Å². The molecule has 0 amide bonds. The highest BCUT2D eigenvalue weighted by molar-refractivity contribution is 7.12. The molecule has 2 N–H and O–H groups in total. The Morgan fingerprint density at radius 3 is 2.65 bits per heavy atom. The molecule has 1 atom stereocenters. The molecule has 2 aromatic heterocycles. The highest BCUT2D eigenvalue weighted by Crippen LogP contribution is 2.28. The van der Waals surface area contributed by atoms with Gasteiger partial charge in [0, 0.05) is 42.5 Å². The second kappa shape index (κ2) is 10.6. The van der Waals surface area contributed by atoms with Gasteiger partial charge < -0.3 is 19.9 Å². The molecule has 2 aromatic rings. The van der Waals surface area contributed by atoms with Gasteiger partial charge in [0.25, 0.3) is 0 Å². The number of aliphatic imine (C=N–C) groups is 1. The predicted octanol–water partition coefficient (Wildman–Crippen LogP) is 2.54. The number of ether oxygens (including phenoxy) is 1. The SMILES string of the molecule is Cc1ccc(C(CNC(=NCc2nnc(C)n2C)NC2CCCC2)N2CCOCC2)s1. The Balaban J connectivity index is 1.48. The minimum Gasteiger partial charge on any atom is -0.379 e. The summed E-state index contributed by atoms with van der Waals surface area (Å²) < 4.78 is 7.60. The zero-order valence-corrected chi connectivity index (χ0v) is 19.7. The largest absolute Gasteiger partial charge is 0.379 e. The maximum atomic E-state index is 5.60. The number of hydrogen-bond acceptors (Lipinski definition) is 6. The van der Waals surface area contributed by atoms with Crippen LogP contribution in [0.15, 0.2) is 17.1 Å². The average Bonchev–Trinajstić information content (AvgIpc) is 3.51. The molecule has 1 unspecified atom stereocenters. The zero-order chi connectivity index (χ0) is 21.6. The Hall–Kier alpha value is -1.97. The van der Waals surface area contributed by atoms with Crippen molar-refractivity contribution >= 4 is 17.3 Å². The molecule has 1 aliphatic heterocycles. The molecule has 2 aliphatic rings. The van der Waals surface area contributed by atoms with Crippen LogP contribution in [0.5, 0.6) is 0 Å². The molecule has 31 heavy (non-hydrogen) atoms. The van der Waals surface area contributed by atoms with E-state index in [0.717, 1.165) is 50.5 Å². The van der Waals surface area contributed by atoms with Gasteiger partial charge in [0.05, 0.1) is 19.3 Å². The third-order valence-corrected chi connectivity index (χ3v) is 7.40.